The van der Waals surface area contributed by atoms with E-state index in [4.69, 9.17) is 10.5 Å². The second kappa shape index (κ2) is 17.7. The number of hydrogen-bond donors (Lipinski definition) is 10. The van der Waals surface area contributed by atoms with E-state index >= 15 is 4.79 Å². The van der Waals surface area contributed by atoms with Crippen molar-refractivity contribution in [2.45, 2.75) is 210 Å². The summed E-state index contributed by atoms with van der Waals surface area (Å²) < 4.78 is 7.05. The Morgan fingerprint density at radius 2 is 1.77 bits per heavy atom. The van der Waals surface area contributed by atoms with Gasteiger partial charge in [-0.25, -0.2) is 0 Å². The average molecular weight is 868 g/mol. The van der Waals surface area contributed by atoms with Gasteiger partial charge < -0.3 is 56.8 Å². The lowest BCUT2D eigenvalue weighted by atomic mass is 9.43. The number of nitrogens with two attached hydrogens (primary N) is 1. The number of Topliss-reactive ketones (excluding diaryl/α,β-unsaturated/α-hetero) is 1. The Bertz CT molecular complexity index is 1750. The minimum Gasteiger partial charge on any atom is -0.396 e. The minimum atomic E-state index is -1.63. The van der Waals surface area contributed by atoms with E-state index in [1.165, 1.54) is 19.3 Å². The number of nitrogens with one attached hydrogen (secondary N) is 2. The third-order valence-corrected chi connectivity index (χ3v) is 18.8. The summed E-state index contributed by atoms with van der Waals surface area (Å²) in [6.07, 6.45) is 14.6. The number of rotatable bonds is 13. The number of dihydropyridines is 1. The third kappa shape index (κ3) is 7.59. The largest absolute Gasteiger partial charge is 0.396 e. The van der Waals surface area contributed by atoms with Gasteiger partial charge >= 0.3 is 0 Å². The van der Waals surface area contributed by atoms with Gasteiger partial charge in [0.15, 0.2) is 5.78 Å². The van der Waals surface area contributed by atoms with E-state index in [0.717, 1.165) is 55.7 Å². The number of ether oxygens (including phenoxy) is 1. The summed E-state index contributed by atoms with van der Waals surface area (Å²) in [6, 6.07) is 0. The molecule has 0 radical (unpaired) electrons. The van der Waals surface area contributed by atoms with Gasteiger partial charge in [-0.15, -0.1) is 0 Å². The molecule has 0 bridgehead atoms. The molecule has 5 saturated carbocycles. The van der Waals surface area contributed by atoms with Crippen molar-refractivity contribution in [3.05, 3.63) is 34.7 Å². The number of carbonyl (C=O) groups is 1. The molecule has 1 saturated heterocycles. The topological polar surface area (TPSA) is 218 Å². The molecule has 0 spiro atoms. The molecule has 6 aliphatic carbocycles. The predicted molar refractivity (Wildman–Crippen MR) is 237 cm³/mol. The number of carbonyl (C=O) groups excluding carboxylic acids is 1. The van der Waals surface area contributed by atoms with Crippen LogP contribution in [0.3, 0.4) is 0 Å². The van der Waals surface area contributed by atoms with Crippen LogP contribution in [0.4, 0.5) is 0 Å². The highest BCUT2D eigenvalue weighted by Crippen LogP contribution is 2.71. The second-order valence-corrected chi connectivity index (χ2v) is 22.1. The Hall–Kier alpha value is -1.87. The molecule has 350 valence electrons. The molecule has 17 atom stereocenters. The first-order valence-electron chi connectivity index (χ1n) is 24.9. The molecule has 2 aliphatic heterocycles. The first-order chi connectivity index (χ1) is 29.5. The van der Waals surface area contributed by atoms with E-state index in [0.29, 0.717) is 68.6 Å². The molecule has 0 aromatic rings. The molecule has 6 fully saturated rings. The van der Waals surface area contributed by atoms with Crippen molar-refractivity contribution >= 4 is 5.78 Å². The maximum Gasteiger partial charge on any atom is 0.182 e. The summed E-state index contributed by atoms with van der Waals surface area (Å²) in [7, 11) is 0. The van der Waals surface area contributed by atoms with Crippen LogP contribution in [0.1, 0.15) is 156 Å². The fourth-order valence-corrected chi connectivity index (χ4v) is 15.6. The van der Waals surface area contributed by atoms with Crippen LogP contribution in [0.25, 0.3) is 0 Å². The van der Waals surface area contributed by atoms with E-state index in [2.05, 4.69) is 24.5 Å². The van der Waals surface area contributed by atoms with Crippen molar-refractivity contribution in [2.75, 3.05) is 13.2 Å². The Kier molecular flexibility index (Phi) is 13.3. The van der Waals surface area contributed by atoms with Crippen molar-refractivity contribution in [1.82, 2.24) is 10.6 Å². The summed E-state index contributed by atoms with van der Waals surface area (Å²) in [4.78, 5) is 15.3. The fourth-order valence-electron chi connectivity index (χ4n) is 15.6. The molecular formula is C50H81N3O9. The van der Waals surface area contributed by atoms with Gasteiger partial charge in [-0.2, -0.15) is 0 Å². The summed E-state index contributed by atoms with van der Waals surface area (Å²) >= 11 is 0. The lowest BCUT2D eigenvalue weighted by molar-refractivity contribution is -0.252. The van der Waals surface area contributed by atoms with Crippen molar-refractivity contribution < 1.29 is 45.3 Å². The van der Waals surface area contributed by atoms with Crippen molar-refractivity contribution in [1.29, 1.82) is 0 Å². The number of fused-ring (bicyclic) bond motifs is 8. The van der Waals surface area contributed by atoms with E-state index in [-0.39, 0.29) is 62.3 Å². The molecule has 12 heteroatoms. The highest BCUT2D eigenvalue weighted by Gasteiger charge is 2.74. The average Bonchev–Trinajstić information content (AvgIpc) is 3.56. The van der Waals surface area contributed by atoms with Gasteiger partial charge in [-0.1, -0.05) is 52.0 Å². The van der Waals surface area contributed by atoms with E-state index < -0.39 is 63.9 Å². The van der Waals surface area contributed by atoms with Crippen molar-refractivity contribution in [3.63, 3.8) is 0 Å². The van der Waals surface area contributed by atoms with Crippen LogP contribution in [0, 0.1) is 46.3 Å². The maximum atomic E-state index is 15.3. The quantitative estimate of drug-likeness (QED) is 0.121. The molecular weight excluding hydrogens is 787 g/mol. The molecule has 12 nitrogen and oxygen atoms in total. The van der Waals surface area contributed by atoms with Crippen LogP contribution >= 0.6 is 0 Å². The number of aliphatic hydroxyl groups is 7. The van der Waals surface area contributed by atoms with Crippen molar-refractivity contribution in [2.24, 2.45) is 52.1 Å². The van der Waals surface area contributed by atoms with Gasteiger partial charge in [0.25, 0.3) is 0 Å². The molecule has 8 aliphatic rings. The normalized spacial score (nSPS) is 45.7. The Morgan fingerprint density at radius 1 is 1.00 bits per heavy atom. The van der Waals surface area contributed by atoms with Crippen LogP contribution in [0.5, 0.6) is 0 Å². The first kappa shape index (κ1) is 46.7. The number of hydrogen-bond acceptors (Lipinski definition) is 12. The lowest BCUT2D eigenvalue weighted by Gasteiger charge is -2.63. The van der Waals surface area contributed by atoms with Crippen LogP contribution in [0.15, 0.2) is 34.7 Å². The van der Waals surface area contributed by atoms with Crippen molar-refractivity contribution in [3.8, 4) is 0 Å². The molecule has 0 amide bonds. The van der Waals surface area contributed by atoms with Crippen LogP contribution in [-0.4, -0.2) is 108 Å². The molecule has 0 aromatic carbocycles. The zero-order valence-corrected chi connectivity index (χ0v) is 38.2. The van der Waals surface area contributed by atoms with E-state index in [1.807, 2.05) is 12.2 Å². The summed E-state index contributed by atoms with van der Waals surface area (Å²) in [5, 5.41) is 90.1. The summed E-state index contributed by atoms with van der Waals surface area (Å²) in [5.74, 6) is -0.487. The second-order valence-electron chi connectivity index (χ2n) is 22.1. The molecule has 2 heterocycles. The van der Waals surface area contributed by atoms with E-state index in [9.17, 15) is 35.7 Å². The maximum absolute atomic E-state index is 15.3. The number of allylic oxidation sites excluding steroid dienone is 4. The van der Waals surface area contributed by atoms with E-state index in [1.54, 1.807) is 13.8 Å². The summed E-state index contributed by atoms with van der Waals surface area (Å²) in [6.45, 7) is 7.92. The Morgan fingerprint density at radius 3 is 2.52 bits per heavy atom. The standard InChI is InChI=1S/C50H81N3O9/c1-5-9-30-12-15-32-33-10-6-7-21-50(61,45(33)62-39(32)16-13-30)47(4,59)40-20-24-49(60)42-34(19-22-46(40,49)3)48(23-18-31-14-17-41(51)53-36(31)11-8-25-54)27-38(57)37(56)26-35(48)44(58)43(42)52-28-29(2)55/h14,17,29-30,32-35,37-41,45,52-57,59-61H,5-13,15-16,18-28,51H2,1-4H3. The minimum absolute atomic E-state index is 0.0396. The van der Waals surface area contributed by atoms with Gasteiger partial charge in [0.1, 0.15) is 5.60 Å². The monoisotopic (exact) mass is 868 g/mol. The van der Waals surface area contributed by atoms with Gasteiger partial charge in [-0.05, 0) is 162 Å². The van der Waals surface area contributed by atoms with Crippen LogP contribution < -0.4 is 16.4 Å². The number of ketones is 1. The Balaban J connectivity index is 1.17. The molecule has 8 rings (SSSR count). The lowest BCUT2D eigenvalue weighted by Crippen LogP contribution is -2.69. The third-order valence-electron chi connectivity index (χ3n) is 18.8. The molecule has 11 N–H and O–H groups in total. The molecule has 17 unspecified atom stereocenters. The zero-order valence-electron chi connectivity index (χ0n) is 38.2. The fraction of sp³-hybridized carbons (Fsp3) is 0.860. The highest BCUT2D eigenvalue weighted by atomic mass is 16.5. The van der Waals surface area contributed by atoms with Gasteiger partial charge in [0.05, 0.1) is 53.6 Å². The smallest absolute Gasteiger partial charge is 0.182 e. The first-order valence-corrected chi connectivity index (χ1v) is 24.9. The SMILES string of the molecule is CCCC1CCC2OC3C(CCCCC3(O)C(C)(O)C3CCC4(O)C5=C(NCC(C)O)C(=O)C6CC(O)C(O)CC6(CCC6=C(CCCO)NC(N)C=C6)C5CCC34C)C2CC1. The molecule has 62 heavy (non-hydrogen) atoms. The van der Waals surface area contributed by atoms with Crippen LogP contribution in [-0.2, 0) is 9.53 Å². The highest BCUT2D eigenvalue weighted by molar-refractivity contribution is 6.00. The predicted octanol–water partition coefficient (Wildman–Crippen LogP) is 4.77. The molecule has 0 aromatic heterocycles. The van der Waals surface area contributed by atoms with Gasteiger partial charge in [0, 0.05) is 30.2 Å². The van der Waals surface area contributed by atoms with Crippen LogP contribution in [0.2, 0.25) is 0 Å². The Labute approximate surface area is 370 Å². The number of aliphatic hydroxyl groups excluding tert-OH is 4. The van der Waals surface area contributed by atoms with Gasteiger partial charge in [-0.3, -0.25) is 4.79 Å². The summed E-state index contributed by atoms with van der Waals surface area (Å²) in [5.41, 5.74) is 2.68. The zero-order chi connectivity index (χ0) is 44.4. The van der Waals surface area contributed by atoms with Gasteiger partial charge in [0.2, 0.25) is 0 Å².